The number of hydrogen-bond acceptors (Lipinski definition) is 3. The van der Waals surface area contributed by atoms with Gasteiger partial charge in [-0.05, 0) is 47.8 Å². The van der Waals surface area contributed by atoms with Crippen LogP contribution in [0, 0.1) is 0 Å². The Bertz CT molecular complexity index is 728. The summed E-state index contributed by atoms with van der Waals surface area (Å²) in [4.78, 5) is 12.9. The number of aromatic nitrogens is 1. The molecule has 21 heavy (non-hydrogen) atoms. The summed E-state index contributed by atoms with van der Waals surface area (Å²) in [6.07, 6.45) is 5.55. The monoisotopic (exact) mass is 295 g/mol. The van der Waals surface area contributed by atoms with E-state index < -0.39 is 0 Å². The van der Waals surface area contributed by atoms with Gasteiger partial charge in [0.25, 0.3) is 5.91 Å². The lowest BCUT2D eigenvalue weighted by atomic mass is 10.2. The summed E-state index contributed by atoms with van der Waals surface area (Å²) >= 11 is 1.57. The van der Waals surface area contributed by atoms with Crippen LogP contribution < -0.4 is 5.43 Å². The summed E-state index contributed by atoms with van der Waals surface area (Å²) in [5.74, 6) is -0.220. The lowest BCUT2D eigenvalue weighted by Crippen LogP contribution is -2.17. The zero-order valence-corrected chi connectivity index (χ0v) is 12.0. The van der Waals surface area contributed by atoms with Crippen molar-refractivity contribution in [2.45, 2.75) is 0 Å². The van der Waals surface area contributed by atoms with Crippen LogP contribution >= 0.6 is 11.3 Å². The topological polar surface area (TPSA) is 46.4 Å². The number of benzene rings is 1. The van der Waals surface area contributed by atoms with E-state index in [0.717, 1.165) is 10.6 Å². The summed E-state index contributed by atoms with van der Waals surface area (Å²) < 4.78 is 1.98. The average Bonchev–Trinajstić information content (AvgIpc) is 3.21. The summed E-state index contributed by atoms with van der Waals surface area (Å²) in [6, 6.07) is 15.2. The average molecular weight is 295 g/mol. The van der Waals surface area contributed by atoms with E-state index in [2.05, 4.69) is 10.5 Å². The van der Waals surface area contributed by atoms with Crippen LogP contribution in [0.3, 0.4) is 0 Å². The van der Waals surface area contributed by atoms with Gasteiger partial charge in [-0.15, -0.1) is 11.3 Å². The molecule has 104 valence electrons. The summed E-state index contributed by atoms with van der Waals surface area (Å²) in [6.45, 7) is 0. The number of hydrazone groups is 1. The summed E-state index contributed by atoms with van der Waals surface area (Å²) in [7, 11) is 0. The van der Waals surface area contributed by atoms with Gasteiger partial charge in [-0.3, -0.25) is 4.79 Å². The number of amides is 1. The van der Waals surface area contributed by atoms with Crippen LogP contribution in [-0.2, 0) is 0 Å². The first-order chi connectivity index (χ1) is 10.3. The predicted molar refractivity (Wildman–Crippen MR) is 85.1 cm³/mol. The molecule has 0 aliphatic heterocycles. The van der Waals surface area contributed by atoms with Gasteiger partial charge in [0, 0.05) is 28.5 Å². The van der Waals surface area contributed by atoms with Crippen molar-refractivity contribution in [2.24, 2.45) is 5.10 Å². The maximum absolute atomic E-state index is 11.9. The Kier molecular flexibility index (Phi) is 3.93. The maximum Gasteiger partial charge on any atom is 0.271 e. The molecule has 0 fully saturated rings. The second-order valence-electron chi connectivity index (χ2n) is 4.35. The fourth-order valence-electron chi connectivity index (χ4n) is 1.88. The molecular weight excluding hydrogens is 282 g/mol. The van der Waals surface area contributed by atoms with Gasteiger partial charge in [-0.25, -0.2) is 5.43 Å². The smallest absolute Gasteiger partial charge is 0.271 e. The Labute approximate surface area is 126 Å². The SMILES string of the molecule is O=C(N/N=C\c1cccs1)c1ccc(-n2cccc2)cc1. The Hall–Kier alpha value is -2.66. The normalized spacial score (nSPS) is 10.9. The number of nitrogens with zero attached hydrogens (tertiary/aromatic N) is 2. The number of thiophene rings is 1. The van der Waals surface area contributed by atoms with Gasteiger partial charge in [0.05, 0.1) is 6.21 Å². The molecule has 2 heterocycles. The van der Waals surface area contributed by atoms with Crippen molar-refractivity contribution in [1.29, 1.82) is 0 Å². The molecule has 0 aliphatic carbocycles. The molecule has 1 N–H and O–H groups in total. The summed E-state index contributed by atoms with van der Waals surface area (Å²) in [5.41, 5.74) is 4.11. The third kappa shape index (κ3) is 3.27. The standard InChI is InChI=1S/C16H13N3OS/c20-16(18-17-12-15-4-3-11-21-15)13-5-7-14(8-6-13)19-9-1-2-10-19/h1-12H,(H,18,20)/b17-12-. The number of rotatable bonds is 4. The molecule has 0 spiro atoms. The van der Waals surface area contributed by atoms with Crippen LogP contribution in [0.5, 0.6) is 0 Å². The predicted octanol–water partition coefficient (Wildman–Crippen LogP) is 3.30. The molecule has 3 rings (SSSR count). The number of carbonyl (C=O) groups is 1. The van der Waals surface area contributed by atoms with Crippen molar-refractivity contribution in [1.82, 2.24) is 9.99 Å². The number of hydrogen-bond donors (Lipinski definition) is 1. The van der Waals surface area contributed by atoms with Crippen molar-refractivity contribution < 1.29 is 4.79 Å². The fourth-order valence-corrected chi connectivity index (χ4v) is 2.46. The van der Waals surface area contributed by atoms with Crippen molar-refractivity contribution in [3.8, 4) is 5.69 Å². The zero-order chi connectivity index (χ0) is 14.5. The quantitative estimate of drug-likeness (QED) is 0.582. The highest BCUT2D eigenvalue weighted by Crippen LogP contribution is 2.10. The van der Waals surface area contributed by atoms with Gasteiger partial charge in [0.15, 0.2) is 0 Å². The minimum atomic E-state index is -0.220. The molecule has 5 heteroatoms. The highest BCUT2D eigenvalue weighted by atomic mass is 32.1. The van der Waals surface area contributed by atoms with Crippen molar-refractivity contribution >= 4 is 23.5 Å². The minimum Gasteiger partial charge on any atom is -0.324 e. The molecule has 0 aliphatic rings. The fraction of sp³-hybridized carbons (Fsp3) is 0. The molecule has 4 nitrogen and oxygen atoms in total. The van der Waals surface area contributed by atoms with Crippen LogP contribution in [0.4, 0.5) is 0 Å². The molecular formula is C16H13N3OS. The molecule has 2 aromatic heterocycles. The summed E-state index contributed by atoms with van der Waals surface area (Å²) in [5, 5.41) is 5.90. The van der Waals surface area contributed by atoms with Crippen LogP contribution in [-0.4, -0.2) is 16.7 Å². The van der Waals surface area contributed by atoms with E-state index in [1.165, 1.54) is 0 Å². The first kappa shape index (κ1) is 13.3. The highest BCUT2D eigenvalue weighted by molar-refractivity contribution is 7.11. The van der Waals surface area contributed by atoms with Gasteiger partial charge >= 0.3 is 0 Å². The first-order valence-electron chi connectivity index (χ1n) is 6.43. The Morgan fingerprint density at radius 1 is 1.10 bits per heavy atom. The van der Waals surface area contributed by atoms with E-state index in [1.807, 2.05) is 58.7 Å². The number of carbonyl (C=O) groups excluding carboxylic acids is 1. The van der Waals surface area contributed by atoms with E-state index in [9.17, 15) is 4.79 Å². The second kappa shape index (κ2) is 6.19. The molecule has 3 aromatic rings. The molecule has 0 radical (unpaired) electrons. The van der Waals surface area contributed by atoms with E-state index in [4.69, 9.17) is 0 Å². The molecule has 0 saturated carbocycles. The lowest BCUT2D eigenvalue weighted by molar-refractivity contribution is 0.0955. The van der Waals surface area contributed by atoms with Gasteiger partial charge in [0.2, 0.25) is 0 Å². The van der Waals surface area contributed by atoms with Gasteiger partial charge in [0.1, 0.15) is 0 Å². The van der Waals surface area contributed by atoms with E-state index >= 15 is 0 Å². The third-order valence-electron chi connectivity index (χ3n) is 2.93. The molecule has 0 bridgehead atoms. The van der Waals surface area contributed by atoms with E-state index in [0.29, 0.717) is 5.56 Å². The largest absolute Gasteiger partial charge is 0.324 e. The molecule has 0 unspecified atom stereocenters. The first-order valence-corrected chi connectivity index (χ1v) is 7.31. The van der Waals surface area contributed by atoms with Crippen LogP contribution in [0.2, 0.25) is 0 Å². The Morgan fingerprint density at radius 2 is 1.86 bits per heavy atom. The van der Waals surface area contributed by atoms with Gasteiger partial charge in [-0.1, -0.05) is 6.07 Å². The van der Waals surface area contributed by atoms with Gasteiger partial charge < -0.3 is 4.57 Å². The highest BCUT2D eigenvalue weighted by Gasteiger charge is 2.04. The van der Waals surface area contributed by atoms with Crippen LogP contribution in [0.25, 0.3) is 5.69 Å². The number of nitrogens with one attached hydrogen (secondary N) is 1. The van der Waals surface area contributed by atoms with Crippen LogP contribution in [0.15, 0.2) is 71.4 Å². The van der Waals surface area contributed by atoms with Crippen molar-refractivity contribution in [3.63, 3.8) is 0 Å². The Balaban J connectivity index is 1.65. The minimum absolute atomic E-state index is 0.220. The zero-order valence-electron chi connectivity index (χ0n) is 11.1. The van der Waals surface area contributed by atoms with Crippen molar-refractivity contribution in [3.05, 3.63) is 76.7 Å². The second-order valence-corrected chi connectivity index (χ2v) is 5.33. The molecule has 1 amide bonds. The van der Waals surface area contributed by atoms with Crippen LogP contribution in [0.1, 0.15) is 15.2 Å². The Morgan fingerprint density at radius 3 is 2.52 bits per heavy atom. The molecule has 1 aromatic carbocycles. The molecule has 0 saturated heterocycles. The van der Waals surface area contributed by atoms with E-state index in [-0.39, 0.29) is 5.91 Å². The lowest BCUT2D eigenvalue weighted by Gasteiger charge is -2.04. The van der Waals surface area contributed by atoms with Gasteiger partial charge in [-0.2, -0.15) is 5.10 Å². The molecule has 0 atom stereocenters. The van der Waals surface area contributed by atoms with Crippen molar-refractivity contribution in [2.75, 3.05) is 0 Å². The third-order valence-corrected chi connectivity index (χ3v) is 3.74. The maximum atomic E-state index is 11.9. The van der Waals surface area contributed by atoms with E-state index in [1.54, 1.807) is 29.7 Å².